The van der Waals surface area contributed by atoms with Gasteiger partial charge in [-0.3, -0.25) is 18.2 Å². The number of nitrogens with one attached hydrogen (secondary N) is 2. The molecule has 256 valence electrons. The molecule has 4 aromatic rings. The summed E-state index contributed by atoms with van der Waals surface area (Å²) in [5.74, 6) is 0.763. The lowest BCUT2D eigenvalue weighted by Crippen LogP contribution is -2.37. The highest BCUT2D eigenvalue weighted by Gasteiger charge is 2.53. The van der Waals surface area contributed by atoms with Crippen LogP contribution >= 0.6 is 13.4 Å². The number of hydrogen-bond donors (Lipinski definition) is 4. The van der Waals surface area contributed by atoms with Crippen molar-refractivity contribution >= 4 is 71.0 Å². The highest BCUT2D eigenvalue weighted by molar-refractivity contribution is 8.07. The average Bonchev–Trinajstić information content (AvgIpc) is 3.81. The van der Waals surface area contributed by atoms with E-state index in [1.807, 2.05) is 12.2 Å². The van der Waals surface area contributed by atoms with E-state index in [1.54, 1.807) is 0 Å². The normalized spacial score (nSPS) is 37.3. The average molecular weight is 747 g/mol. The highest BCUT2D eigenvalue weighted by Crippen LogP contribution is 2.54. The number of anilines is 2. The van der Waals surface area contributed by atoms with Gasteiger partial charge in [-0.2, -0.15) is 0 Å². The minimum Gasteiger partial charge on any atom is -0.365 e. The molecule has 9 rings (SSSR count). The van der Waals surface area contributed by atoms with Crippen LogP contribution in [0.5, 0.6) is 0 Å². The van der Waals surface area contributed by atoms with Crippen molar-refractivity contribution < 1.29 is 46.1 Å². The van der Waals surface area contributed by atoms with Crippen LogP contribution in [0.15, 0.2) is 37.5 Å². The van der Waals surface area contributed by atoms with Gasteiger partial charge in [0.2, 0.25) is 0 Å². The first-order valence-electron chi connectivity index (χ1n) is 14.5. The van der Waals surface area contributed by atoms with Crippen molar-refractivity contribution in [1.29, 1.82) is 0 Å². The largest absolute Gasteiger partial charge is 0.365 e. The summed E-state index contributed by atoms with van der Waals surface area (Å²) in [5, 5.41) is 6.30. The second-order valence-corrected chi connectivity index (χ2v) is 16.6. The van der Waals surface area contributed by atoms with Crippen LogP contribution in [-0.4, -0.2) is 112 Å². The Bertz CT molecular complexity index is 1860. The number of nitrogens with zero attached hydrogens (tertiary/aromatic N) is 8. The third kappa shape index (κ3) is 5.92. The summed E-state index contributed by atoms with van der Waals surface area (Å²) in [5.41, 5.74) is 1.12. The van der Waals surface area contributed by atoms with Crippen LogP contribution < -0.4 is 10.6 Å². The van der Waals surface area contributed by atoms with Gasteiger partial charge in [0.05, 0.1) is 25.9 Å². The van der Waals surface area contributed by atoms with Crippen LogP contribution in [0.1, 0.15) is 12.5 Å². The molecule has 0 amide bonds. The molecule has 0 radical (unpaired) electrons. The van der Waals surface area contributed by atoms with Gasteiger partial charge >= 0.3 is 13.4 Å². The number of hydrogen-bond acceptors (Lipinski definition) is 16. The van der Waals surface area contributed by atoms with Gasteiger partial charge in [0, 0.05) is 13.1 Å². The van der Waals surface area contributed by atoms with Gasteiger partial charge in [-0.15, -0.1) is 0 Å². The quantitative estimate of drug-likeness (QED) is 0.149. The van der Waals surface area contributed by atoms with Gasteiger partial charge in [0.25, 0.3) is 0 Å². The van der Waals surface area contributed by atoms with Crippen molar-refractivity contribution in [1.82, 2.24) is 39.0 Å². The molecule has 10 atom stereocenters. The number of halogens is 2. The molecule has 0 saturated carbocycles. The van der Waals surface area contributed by atoms with E-state index in [0.29, 0.717) is 35.8 Å². The van der Waals surface area contributed by atoms with Crippen LogP contribution in [-0.2, 0) is 51.2 Å². The second kappa shape index (κ2) is 12.6. The monoisotopic (exact) mass is 746 g/mol. The Kier molecular flexibility index (Phi) is 8.50. The van der Waals surface area contributed by atoms with Crippen LogP contribution in [0, 0.1) is 0 Å². The minimum absolute atomic E-state index is 0.231. The van der Waals surface area contributed by atoms with E-state index in [9.17, 15) is 9.79 Å². The van der Waals surface area contributed by atoms with Crippen LogP contribution in [0.2, 0.25) is 0 Å². The number of aromatic nitrogens is 8. The van der Waals surface area contributed by atoms with E-state index in [-0.39, 0.29) is 11.3 Å². The fourth-order valence-corrected chi connectivity index (χ4v) is 8.75. The predicted molar refractivity (Wildman–Crippen MR) is 169 cm³/mol. The van der Waals surface area contributed by atoms with Gasteiger partial charge in [-0.1, -0.05) is 12.2 Å². The lowest BCUT2D eigenvalue weighted by molar-refractivity contribution is -0.0583. The summed E-state index contributed by atoms with van der Waals surface area (Å²) in [6.45, 7) is -8.93. The smallest absolute Gasteiger partial charge is 0.325 e. The van der Waals surface area contributed by atoms with Crippen LogP contribution in [0.4, 0.5) is 20.4 Å². The summed E-state index contributed by atoms with van der Waals surface area (Å²) < 4.78 is 69.5. The standard InChI is InChI=1S/C24H26F2N10O8P2S2/c25-13-17-11-5-39-46(38,48)44-18-12(6-40-45(37,47)43-17)42-24(14(18)26)36-10-34-16-20(30-8-32-22(16)36)28-4-2-1-3-27-19-15-21(31-7-29-19)35(9-33-15)23(13)41-11/h1-2,7-14,17-18,23-24H,3-6H2,(H,37,47)(H,38,48)(H,27,29,31)(H,28,30,32). The molecule has 14 bridgehead atoms. The van der Waals surface area contributed by atoms with Gasteiger partial charge in [-0.05, 0) is 23.6 Å². The lowest BCUT2D eigenvalue weighted by Gasteiger charge is -2.29. The van der Waals surface area contributed by atoms with E-state index in [0.717, 1.165) is 0 Å². The molecule has 9 heterocycles. The van der Waals surface area contributed by atoms with E-state index < -0.39 is 75.9 Å². The van der Waals surface area contributed by atoms with Crippen molar-refractivity contribution in [3.8, 4) is 0 Å². The molecule has 3 saturated heterocycles. The molecule has 4 aromatic heterocycles. The molecule has 0 aromatic carbocycles. The Balaban J connectivity index is 1.21. The molecule has 5 aliphatic rings. The Morgan fingerprint density at radius 1 is 0.708 bits per heavy atom. The third-order valence-electron chi connectivity index (χ3n) is 8.05. The van der Waals surface area contributed by atoms with Gasteiger partial charge in [0.1, 0.15) is 37.1 Å². The van der Waals surface area contributed by atoms with Crippen molar-refractivity contribution in [3.63, 3.8) is 0 Å². The maximum atomic E-state index is 16.2. The summed E-state index contributed by atoms with van der Waals surface area (Å²) in [4.78, 5) is 47.9. The third-order valence-corrected chi connectivity index (χ3v) is 11.2. The Morgan fingerprint density at radius 3 is 1.58 bits per heavy atom. The van der Waals surface area contributed by atoms with Crippen molar-refractivity contribution in [2.24, 2.45) is 0 Å². The van der Waals surface area contributed by atoms with Gasteiger partial charge in [0.15, 0.2) is 58.8 Å². The van der Waals surface area contributed by atoms with E-state index >= 15 is 8.78 Å². The summed E-state index contributed by atoms with van der Waals surface area (Å²) in [7, 11) is 0. The molecule has 10 unspecified atom stereocenters. The van der Waals surface area contributed by atoms with Crippen molar-refractivity contribution in [3.05, 3.63) is 37.5 Å². The Morgan fingerprint density at radius 2 is 1.15 bits per heavy atom. The summed E-state index contributed by atoms with van der Waals surface area (Å²) >= 11 is 10.5. The molecule has 0 aliphatic carbocycles. The molecule has 18 nitrogen and oxygen atoms in total. The minimum atomic E-state index is -4.24. The van der Waals surface area contributed by atoms with Gasteiger partial charge in [-0.25, -0.2) is 38.7 Å². The SMILES string of the molecule is OP1(=S)OCC2OC3C(F)C2OP(O)(=S)OCC2OC(C(F)C2O1)n1cnc2c(ncnc21)NCC=CCNc1ncnc2c1ncn23. The van der Waals surface area contributed by atoms with E-state index in [4.69, 9.17) is 51.2 Å². The number of alkyl halides is 2. The van der Waals surface area contributed by atoms with Crippen LogP contribution in [0.25, 0.3) is 22.3 Å². The highest BCUT2D eigenvalue weighted by atomic mass is 32.5. The number of ether oxygens (including phenoxy) is 2. The first-order valence-corrected chi connectivity index (χ1v) is 19.6. The maximum Gasteiger partial charge on any atom is 0.325 e. The number of imidazole rings is 2. The fourth-order valence-electron chi connectivity index (χ4n) is 5.87. The van der Waals surface area contributed by atoms with Crippen LogP contribution in [0.3, 0.4) is 0 Å². The van der Waals surface area contributed by atoms with Gasteiger partial charge < -0.3 is 38.9 Å². The first-order chi connectivity index (χ1) is 23.1. The molecule has 48 heavy (non-hydrogen) atoms. The lowest BCUT2D eigenvalue weighted by atomic mass is 10.1. The van der Waals surface area contributed by atoms with E-state index in [2.05, 4.69) is 40.5 Å². The van der Waals surface area contributed by atoms with Crippen molar-refractivity contribution in [2.75, 3.05) is 36.9 Å². The molecular formula is C24H26F2N10O8P2S2. The zero-order valence-corrected chi connectivity index (χ0v) is 27.7. The molecule has 24 heteroatoms. The topological polar surface area (TPSA) is 207 Å². The zero-order valence-electron chi connectivity index (χ0n) is 24.3. The summed E-state index contributed by atoms with van der Waals surface area (Å²) in [6.07, 6.45) is -3.54. The molecular weight excluding hydrogens is 720 g/mol. The zero-order chi connectivity index (χ0) is 33.2. The number of fused-ring (bicyclic) bond motifs is 10. The Hall–Kier alpha value is -2.72. The predicted octanol–water partition coefficient (Wildman–Crippen LogP) is 1.78. The molecule has 5 aliphatic heterocycles. The fraction of sp³-hybridized carbons (Fsp3) is 0.500. The second-order valence-electron chi connectivity index (χ2n) is 11.0. The van der Waals surface area contributed by atoms with E-state index in [1.165, 1.54) is 34.4 Å². The molecule has 0 spiro atoms. The molecule has 3 fully saturated rings. The Labute approximate surface area is 279 Å². The summed E-state index contributed by atoms with van der Waals surface area (Å²) in [6, 6.07) is 0. The first kappa shape index (κ1) is 32.5. The molecule has 4 N–H and O–H groups in total. The van der Waals surface area contributed by atoms with Crippen molar-refractivity contribution in [2.45, 2.75) is 49.2 Å². The maximum absolute atomic E-state index is 16.2. The number of rotatable bonds is 0.